The van der Waals surface area contributed by atoms with Gasteiger partial charge < -0.3 is 10.6 Å². The van der Waals surface area contributed by atoms with Crippen LogP contribution in [-0.4, -0.2) is 30.6 Å². The summed E-state index contributed by atoms with van der Waals surface area (Å²) in [5.74, 6) is 6.05. The summed E-state index contributed by atoms with van der Waals surface area (Å²) >= 11 is 0. The first-order valence-electron chi connectivity index (χ1n) is 5.96. The molecule has 2 heteroatoms. The summed E-state index contributed by atoms with van der Waals surface area (Å²) < 4.78 is 0. The standard InChI is InChI=1S/C13H24N2/c1-4-5-6-9-12(14)13(15(2)3)10-7-8-11-13/h12H,6-11,14H2,1-3H3. The van der Waals surface area contributed by atoms with E-state index in [1.165, 1.54) is 25.7 Å². The van der Waals surface area contributed by atoms with E-state index in [1.54, 1.807) is 0 Å². The van der Waals surface area contributed by atoms with Gasteiger partial charge in [0.1, 0.15) is 0 Å². The van der Waals surface area contributed by atoms with Gasteiger partial charge in [-0.3, -0.25) is 0 Å². The molecule has 0 saturated heterocycles. The van der Waals surface area contributed by atoms with E-state index in [0.29, 0.717) is 0 Å². The van der Waals surface area contributed by atoms with Crippen LogP contribution in [0.3, 0.4) is 0 Å². The fourth-order valence-corrected chi connectivity index (χ4v) is 2.76. The van der Waals surface area contributed by atoms with E-state index >= 15 is 0 Å². The fourth-order valence-electron chi connectivity index (χ4n) is 2.76. The SMILES string of the molecule is CC#CCCC(N)C1(N(C)C)CCCC1. The van der Waals surface area contributed by atoms with Gasteiger partial charge in [-0.1, -0.05) is 12.8 Å². The van der Waals surface area contributed by atoms with E-state index in [1.807, 2.05) is 6.92 Å². The van der Waals surface area contributed by atoms with Gasteiger partial charge in [0.15, 0.2) is 0 Å². The van der Waals surface area contributed by atoms with E-state index in [4.69, 9.17) is 5.73 Å². The molecule has 0 heterocycles. The van der Waals surface area contributed by atoms with Crippen LogP contribution in [0.2, 0.25) is 0 Å². The van der Waals surface area contributed by atoms with Crippen molar-refractivity contribution in [1.29, 1.82) is 0 Å². The molecule has 0 aromatic rings. The zero-order chi connectivity index (χ0) is 11.3. The van der Waals surface area contributed by atoms with Crippen molar-refractivity contribution < 1.29 is 0 Å². The molecule has 0 aromatic heterocycles. The summed E-state index contributed by atoms with van der Waals surface area (Å²) in [4.78, 5) is 2.34. The summed E-state index contributed by atoms with van der Waals surface area (Å²) in [5.41, 5.74) is 6.59. The molecule has 1 aliphatic carbocycles. The average Bonchev–Trinajstić information content (AvgIpc) is 2.67. The van der Waals surface area contributed by atoms with Gasteiger partial charge in [-0.15, -0.1) is 11.8 Å². The molecule has 1 atom stereocenters. The molecular weight excluding hydrogens is 184 g/mol. The summed E-state index contributed by atoms with van der Waals surface area (Å²) in [6, 6.07) is 0.274. The zero-order valence-corrected chi connectivity index (χ0v) is 10.3. The predicted octanol–water partition coefficient (Wildman–Crippen LogP) is 1.99. The minimum Gasteiger partial charge on any atom is -0.326 e. The Kier molecular flexibility index (Phi) is 4.63. The van der Waals surface area contributed by atoms with Crippen LogP contribution in [0.1, 0.15) is 45.4 Å². The maximum absolute atomic E-state index is 6.35. The highest BCUT2D eigenvalue weighted by molar-refractivity contribution is 5.03. The monoisotopic (exact) mass is 208 g/mol. The summed E-state index contributed by atoms with van der Waals surface area (Å²) in [7, 11) is 4.33. The number of rotatable bonds is 4. The van der Waals surface area contributed by atoms with Gasteiger partial charge in [0.05, 0.1) is 0 Å². The number of likely N-dealkylation sites (N-methyl/N-ethyl adjacent to an activating group) is 1. The topological polar surface area (TPSA) is 29.3 Å². The molecule has 1 saturated carbocycles. The Bertz CT molecular complexity index is 241. The third-order valence-corrected chi connectivity index (χ3v) is 3.81. The van der Waals surface area contributed by atoms with Gasteiger partial charge in [0.25, 0.3) is 0 Å². The van der Waals surface area contributed by atoms with Gasteiger partial charge in [0, 0.05) is 18.0 Å². The first-order valence-corrected chi connectivity index (χ1v) is 5.96. The second-order valence-electron chi connectivity index (χ2n) is 4.78. The van der Waals surface area contributed by atoms with Crippen LogP contribution < -0.4 is 5.73 Å². The molecule has 1 rings (SSSR count). The predicted molar refractivity (Wildman–Crippen MR) is 65.5 cm³/mol. The molecule has 1 fully saturated rings. The molecular formula is C13H24N2. The molecule has 0 amide bonds. The largest absolute Gasteiger partial charge is 0.326 e. The fraction of sp³-hybridized carbons (Fsp3) is 0.846. The first kappa shape index (κ1) is 12.5. The molecule has 86 valence electrons. The lowest BCUT2D eigenvalue weighted by atomic mass is 9.85. The van der Waals surface area contributed by atoms with Crippen LogP contribution in [0.15, 0.2) is 0 Å². The maximum atomic E-state index is 6.35. The normalized spacial score (nSPS) is 21.1. The Hall–Kier alpha value is -0.520. The molecule has 0 aliphatic heterocycles. The number of nitrogens with two attached hydrogens (primary N) is 1. The summed E-state index contributed by atoms with van der Waals surface area (Å²) in [6.07, 6.45) is 7.12. The van der Waals surface area contributed by atoms with E-state index in [9.17, 15) is 0 Å². The van der Waals surface area contributed by atoms with Crippen LogP contribution in [0.25, 0.3) is 0 Å². The molecule has 15 heavy (non-hydrogen) atoms. The smallest absolute Gasteiger partial charge is 0.0354 e. The van der Waals surface area contributed by atoms with Crippen molar-refractivity contribution in [2.24, 2.45) is 5.73 Å². The van der Waals surface area contributed by atoms with Crippen molar-refractivity contribution in [3.8, 4) is 11.8 Å². The van der Waals surface area contributed by atoms with Crippen molar-refractivity contribution in [3.05, 3.63) is 0 Å². The summed E-state index contributed by atoms with van der Waals surface area (Å²) in [5, 5.41) is 0. The van der Waals surface area contributed by atoms with Gasteiger partial charge in [-0.2, -0.15) is 0 Å². The zero-order valence-electron chi connectivity index (χ0n) is 10.3. The lowest BCUT2D eigenvalue weighted by molar-refractivity contribution is 0.119. The lowest BCUT2D eigenvalue weighted by Crippen LogP contribution is -2.55. The molecule has 0 radical (unpaired) electrons. The Morgan fingerprint density at radius 2 is 1.93 bits per heavy atom. The van der Waals surface area contributed by atoms with Crippen LogP contribution >= 0.6 is 0 Å². The van der Waals surface area contributed by atoms with Crippen LogP contribution in [0.5, 0.6) is 0 Å². The molecule has 2 N–H and O–H groups in total. The molecule has 1 unspecified atom stereocenters. The third kappa shape index (κ3) is 2.74. The Morgan fingerprint density at radius 3 is 2.40 bits per heavy atom. The first-order chi connectivity index (χ1) is 7.13. The Balaban J connectivity index is 2.58. The van der Waals surface area contributed by atoms with Crippen molar-refractivity contribution in [2.45, 2.75) is 57.0 Å². The Morgan fingerprint density at radius 1 is 1.33 bits per heavy atom. The lowest BCUT2D eigenvalue weighted by Gasteiger charge is -2.41. The van der Waals surface area contributed by atoms with Crippen molar-refractivity contribution in [3.63, 3.8) is 0 Å². The summed E-state index contributed by atoms with van der Waals surface area (Å²) in [6.45, 7) is 1.89. The molecule has 0 bridgehead atoms. The highest BCUT2D eigenvalue weighted by atomic mass is 15.2. The van der Waals surface area contributed by atoms with Crippen molar-refractivity contribution >= 4 is 0 Å². The second-order valence-corrected chi connectivity index (χ2v) is 4.78. The third-order valence-electron chi connectivity index (χ3n) is 3.81. The molecule has 0 spiro atoms. The minimum absolute atomic E-state index is 0.245. The average molecular weight is 208 g/mol. The van der Waals surface area contributed by atoms with E-state index < -0.39 is 0 Å². The number of hydrogen-bond acceptors (Lipinski definition) is 2. The van der Waals surface area contributed by atoms with Crippen LogP contribution in [0.4, 0.5) is 0 Å². The van der Waals surface area contributed by atoms with Crippen LogP contribution in [-0.2, 0) is 0 Å². The maximum Gasteiger partial charge on any atom is 0.0354 e. The van der Waals surface area contributed by atoms with Crippen LogP contribution in [0, 0.1) is 11.8 Å². The highest BCUT2D eigenvalue weighted by Crippen LogP contribution is 2.37. The van der Waals surface area contributed by atoms with Crippen molar-refractivity contribution in [2.75, 3.05) is 14.1 Å². The number of hydrogen-bond donors (Lipinski definition) is 1. The molecule has 0 aromatic carbocycles. The van der Waals surface area contributed by atoms with Gasteiger partial charge in [-0.25, -0.2) is 0 Å². The quantitative estimate of drug-likeness (QED) is 0.716. The van der Waals surface area contributed by atoms with E-state index in [-0.39, 0.29) is 11.6 Å². The highest BCUT2D eigenvalue weighted by Gasteiger charge is 2.40. The van der Waals surface area contributed by atoms with Gasteiger partial charge in [-0.05, 0) is 40.3 Å². The Labute approximate surface area is 94.2 Å². The number of nitrogens with zero attached hydrogens (tertiary/aromatic N) is 1. The van der Waals surface area contributed by atoms with Gasteiger partial charge in [0.2, 0.25) is 0 Å². The molecule has 1 aliphatic rings. The van der Waals surface area contributed by atoms with Gasteiger partial charge >= 0.3 is 0 Å². The minimum atomic E-state index is 0.245. The van der Waals surface area contributed by atoms with E-state index in [2.05, 4.69) is 30.8 Å². The second kappa shape index (κ2) is 5.53. The van der Waals surface area contributed by atoms with Crippen molar-refractivity contribution in [1.82, 2.24) is 4.90 Å². The van der Waals surface area contributed by atoms with E-state index in [0.717, 1.165) is 12.8 Å². The molecule has 2 nitrogen and oxygen atoms in total.